The van der Waals surface area contributed by atoms with Crippen LogP contribution in [0.5, 0.6) is 0 Å². The maximum absolute atomic E-state index is 12.0. The largest absolute Gasteiger partial charge is 0.354 e. The fourth-order valence-electron chi connectivity index (χ4n) is 2.44. The molecule has 1 fully saturated rings. The molecule has 1 aromatic heterocycles. The standard InChI is InChI=1S/C17H21N5O2/c1-12-4-2-3-5-13(12)8-9-18-16(23)11-22-10-15(20-21-22)19-17(24)14-6-7-14/h2-5,10,14H,6-9,11H2,1H3,(H,18,23)(H,19,24). The van der Waals surface area contributed by atoms with Gasteiger partial charge in [0.15, 0.2) is 5.82 Å². The Morgan fingerprint density at radius 3 is 2.83 bits per heavy atom. The summed E-state index contributed by atoms with van der Waals surface area (Å²) in [6.45, 7) is 2.72. The van der Waals surface area contributed by atoms with E-state index >= 15 is 0 Å². The number of nitrogens with one attached hydrogen (secondary N) is 2. The molecule has 1 aromatic carbocycles. The smallest absolute Gasteiger partial charge is 0.241 e. The van der Waals surface area contributed by atoms with Gasteiger partial charge in [0.1, 0.15) is 6.54 Å². The van der Waals surface area contributed by atoms with Gasteiger partial charge in [-0.25, -0.2) is 4.68 Å². The van der Waals surface area contributed by atoms with E-state index in [9.17, 15) is 9.59 Å². The van der Waals surface area contributed by atoms with E-state index in [4.69, 9.17) is 0 Å². The van der Waals surface area contributed by atoms with Crippen molar-refractivity contribution in [2.75, 3.05) is 11.9 Å². The molecule has 7 nitrogen and oxygen atoms in total. The highest BCUT2D eigenvalue weighted by molar-refractivity contribution is 5.93. The molecule has 0 spiro atoms. The molecule has 1 aliphatic carbocycles. The number of anilines is 1. The van der Waals surface area contributed by atoms with Gasteiger partial charge in [-0.3, -0.25) is 9.59 Å². The van der Waals surface area contributed by atoms with E-state index in [-0.39, 0.29) is 24.3 Å². The highest BCUT2D eigenvalue weighted by Crippen LogP contribution is 2.29. The van der Waals surface area contributed by atoms with Crippen molar-refractivity contribution in [2.24, 2.45) is 5.92 Å². The third kappa shape index (κ3) is 4.41. The van der Waals surface area contributed by atoms with Gasteiger partial charge in [0.05, 0.1) is 6.20 Å². The van der Waals surface area contributed by atoms with Gasteiger partial charge in [-0.2, -0.15) is 0 Å². The van der Waals surface area contributed by atoms with Crippen molar-refractivity contribution in [2.45, 2.75) is 32.7 Å². The van der Waals surface area contributed by atoms with Crippen molar-refractivity contribution in [1.29, 1.82) is 0 Å². The Bertz CT molecular complexity index is 736. The van der Waals surface area contributed by atoms with Gasteiger partial charge in [0.25, 0.3) is 0 Å². The van der Waals surface area contributed by atoms with E-state index in [1.54, 1.807) is 6.20 Å². The maximum atomic E-state index is 12.0. The topological polar surface area (TPSA) is 88.9 Å². The van der Waals surface area contributed by atoms with Gasteiger partial charge in [-0.05, 0) is 37.3 Å². The van der Waals surface area contributed by atoms with E-state index < -0.39 is 0 Å². The fraction of sp³-hybridized carbons (Fsp3) is 0.412. The number of benzene rings is 1. The minimum Gasteiger partial charge on any atom is -0.354 e. The van der Waals surface area contributed by atoms with Crippen molar-refractivity contribution >= 4 is 17.6 Å². The van der Waals surface area contributed by atoms with E-state index in [0.29, 0.717) is 12.4 Å². The number of rotatable bonds is 7. The monoisotopic (exact) mass is 327 g/mol. The molecule has 2 N–H and O–H groups in total. The van der Waals surface area contributed by atoms with Crippen LogP contribution in [0, 0.1) is 12.8 Å². The molecular formula is C17H21N5O2. The second-order valence-electron chi connectivity index (χ2n) is 6.09. The first-order valence-corrected chi connectivity index (χ1v) is 8.14. The number of hydrogen-bond donors (Lipinski definition) is 2. The lowest BCUT2D eigenvalue weighted by atomic mass is 10.1. The van der Waals surface area contributed by atoms with Gasteiger partial charge in [0.2, 0.25) is 11.8 Å². The zero-order chi connectivity index (χ0) is 16.9. The summed E-state index contributed by atoms with van der Waals surface area (Å²) in [5.41, 5.74) is 2.45. The molecule has 1 aliphatic rings. The number of amides is 2. The molecule has 0 saturated heterocycles. The summed E-state index contributed by atoms with van der Waals surface area (Å²) < 4.78 is 1.42. The zero-order valence-corrected chi connectivity index (χ0v) is 13.7. The molecule has 2 aromatic rings. The molecule has 0 aliphatic heterocycles. The Morgan fingerprint density at radius 1 is 1.29 bits per heavy atom. The van der Waals surface area contributed by atoms with Crippen LogP contribution < -0.4 is 10.6 Å². The molecule has 0 bridgehead atoms. The second-order valence-corrected chi connectivity index (χ2v) is 6.09. The van der Waals surface area contributed by atoms with Gasteiger partial charge in [-0.1, -0.05) is 29.5 Å². The molecular weight excluding hydrogens is 306 g/mol. The summed E-state index contributed by atoms with van der Waals surface area (Å²) in [7, 11) is 0. The van der Waals surface area contributed by atoms with Crippen LogP contribution in [0.15, 0.2) is 30.5 Å². The van der Waals surface area contributed by atoms with E-state index in [1.807, 2.05) is 12.1 Å². The Balaban J connectivity index is 1.42. The van der Waals surface area contributed by atoms with Crippen molar-refractivity contribution in [3.05, 3.63) is 41.6 Å². The Hall–Kier alpha value is -2.70. The molecule has 0 atom stereocenters. The van der Waals surface area contributed by atoms with Crippen LogP contribution in [0.1, 0.15) is 24.0 Å². The van der Waals surface area contributed by atoms with Crippen LogP contribution in [0.4, 0.5) is 5.82 Å². The van der Waals surface area contributed by atoms with Gasteiger partial charge < -0.3 is 10.6 Å². The summed E-state index contributed by atoms with van der Waals surface area (Å²) in [5.74, 6) is 0.345. The van der Waals surface area contributed by atoms with Crippen LogP contribution in [0.3, 0.4) is 0 Å². The van der Waals surface area contributed by atoms with Crippen LogP contribution in [-0.2, 0) is 22.6 Å². The lowest BCUT2D eigenvalue weighted by molar-refractivity contribution is -0.121. The van der Waals surface area contributed by atoms with Crippen molar-refractivity contribution in [3.8, 4) is 0 Å². The second kappa shape index (κ2) is 7.25. The molecule has 0 unspecified atom stereocenters. The molecule has 2 amide bonds. The van der Waals surface area contributed by atoms with Crippen molar-refractivity contribution < 1.29 is 9.59 Å². The van der Waals surface area contributed by atoms with Crippen molar-refractivity contribution in [3.63, 3.8) is 0 Å². The number of carbonyl (C=O) groups is 2. The first kappa shape index (κ1) is 16.2. The molecule has 7 heteroatoms. The summed E-state index contributed by atoms with van der Waals surface area (Å²) in [6.07, 6.45) is 4.23. The van der Waals surface area contributed by atoms with Gasteiger partial charge >= 0.3 is 0 Å². The minimum absolute atomic E-state index is 0.0234. The number of aromatic nitrogens is 3. The normalized spacial score (nSPS) is 13.5. The Labute approximate surface area is 140 Å². The summed E-state index contributed by atoms with van der Waals surface area (Å²) in [6, 6.07) is 8.12. The zero-order valence-electron chi connectivity index (χ0n) is 13.7. The molecule has 0 radical (unpaired) electrons. The highest BCUT2D eigenvalue weighted by atomic mass is 16.2. The molecule has 1 saturated carbocycles. The number of hydrogen-bond acceptors (Lipinski definition) is 4. The minimum atomic E-state index is -0.131. The third-order valence-corrected chi connectivity index (χ3v) is 4.02. The Morgan fingerprint density at radius 2 is 2.08 bits per heavy atom. The lowest BCUT2D eigenvalue weighted by Crippen LogP contribution is -2.29. The molecule has 1 heterocycles. The molecule has 126 valence electrons. The van der Waals surface area contributed by atoms with Gasteiger partial charge in [0, 0.05) is 12.5 Å². The predicted octanol–water partition coefficient (Wildman–Crippen LogP) is 1.29. The number of aryl methyl sites for hydroxylation is 1. The lowest BCUT2D eigenvalue weighted by Gasteiger charge is -2.07. The summed E-state index contributed by atoms with van der Waals surface area (Å²) in [5, 5.41) is 13.3. The predicted molar refractivity (Wildman–Crippen MR) is 89.3 cm³/mol. The number of carbonyl (C=O) groups excluding carboxylic acids is 2. The van der Waals surface area contributed by atoms with E-state index in [2.05, 4.69) is 40.0 Å². The van der Waals surface area contributed by atoms with Gasteiger partial charge in [-0.15, -0.1) is 5.10 Å². The molecule has 24 heavy (non-hydrogen) atoms. The van der Waals surface area contributed by atoms with Crippen LogP contribution in [0.25, 0.3) is 0 Å². The van der Waals surface area contributed by atoms with Crippen LogP contribution in [-0.4, -0.2) is 33.4 Å². The van der Waals surface area contributed by atoms with E-state index in [1.165, 1.54) is 15.8 Å². The third-order valence-electron chi connectivity index (χ3n) is 4.02. The molecule has 3 rings (SSSR count). The van der Waals surface area contributed by atoms with E-state index in [0.717, 1.165) is 19.3 Å². The SMILES string of the molecule is Cc1ccccc1CCNC(=O)Cn1cc(NC(=O)C2CC2)nn1. The summed E-state index contributed by atoms with van der Waals surface area (Å²) >= 11 is 0. The number of nitrogens with zero attached hydrogens (tertiary/aromatic N) is 3. The highest BCUT2D eigenvalue weighted by Gasteiger charge is 2.30. The van der Waals surface area contributed by atoms with Crippen LogP contribution >= 0.6 is 0 Å². The Kier molecular flexibility index (Phi) is 4.88. The average Bonchev–Trinajstić information content (AvgIpc) is 3.32. The first-order chi connectivity index (χ1) is 11.6. The van der Waals surface area contributed by atoms with Crippen LogP contribution in [0.2, 0.25) is 0 Å². The average molecular weight is 327 g/mol. The van der Waals surface area contributed by atoms with Crippen molar-refractivity contribution in [1.82, 2.24) is 20.3 Å². The quantitative estimate of drug-likeness (QED) is 0.802. The maximum Gasteiger partial charge on any atom is 0.241 e. The first-order valence-electron chi connectivity index (χ1n) is 8.14. The fourth-order valence-corrected chi connectivity index (χ4v) is 2.44. The summed E-state index contributed by atoms with van der Waals surface area (Å²) in [4.78, 5) is 23.6.